The van der Waals surface area contributed by atoms with Crippen molar-refractivity contribution in [1.82, 2.24) is 0 Å². The van der Waals surface area contributed by atoms with Gasteiger partial charge in [-0.25, -0.2) is 0 Å². The van der Waals surface area contributed by atoms with Gasteiger partial charge in [-0.2, -0.15) is 0 Å². The first kappa shape index (κ1) is 17.8. The first-order chi connectivity index (χ1) is 14.2. The number of carbonyl (C=O) groups excluding carboxylic acids is 1. The van der Waals surface area contributed by atoms with Crippen LogP contribution in [0.3, 0.4) is 0 Å². The standard InChI is InChI=1S/C25H18ClNO2/c26-20-11-13-21(14-12-20)27-23(18-7-2-1-3-8-18)24(25(27)28)29-22-15-10-17-6-4-5-9-19(17)16-22/h1-16,23-24H. The second-order valence-corrected chi connectivity index (χ2v) is 7.52. The van der Waals surface area contributed by atoms with Crippen molar-refractivity contribution in [3.05, 3.63) is 108 Å². The maximum Gasteiger partial charge on any atom is 0.271 e. The van der Waals surface area contributed by atoms with Crippen LogP contribution in [0.4, 0.5) is 5.69 Å². The Morgan fingerprint density at radius 1 is 0.759 bits per heavy atom. The Bertz CT molecular complexity index is 1170. The van der Waals surface area contributed by atoms with Crippen LogP contribution in [0.25, 0.3) is 10.8 Å². The van der Waals surface area contributed by atoms with Gasteiger partial charge in [0.2, 0.25) is 6.10 Å². The summed E-state index contributed by atoms with van der Waals surface area (Å²) in [4.78, 5) is 14.8. The third kappa shape index (κ3) is 3.24. The lowest BCUT2D eigenvalue weighted by molar-refractivity contribution is -0.135. The van der Waals surface area contributed by atoms with Crippen molar-refractivity contribution in [2.24, 2.45) is 0 Å². The molecule has 29 heavy (non-hydrogen) atoms. The highest BCUT2D eigenvalue weighted by molar-refractivity contribution is 6.30. The fourth-order valence-corrected chi connectivity index (χ4v) is 3.95. The number of hydrogen-bond donors (Lipinski definition) is 0. The maximum atomic E-state index is 13.1. The summed E-state index contributed by atoms with van der Waals surface area (Å²) in [5, 5.41) is 2.87. The summed E-state index contributed by atoms with van der Waals surface area (Å²) in [6.45, 7) is 0. The van der Waals surface area contributed by atoms with Crippen molar-refractivity contribution in [2.75, 3.05) is 4.90 Å². The molecule has 2 unspecified atom stereocenters. The molecule has 0 N–H and O–H groups in total. The van der Waals surface area contributed by atoms with E-state index in [0.29, 0.717) is 10.8 Å². The molecule has 0 bridgehead atoms. The number of halogens is 1. The molecule has 0 radical (unpaired) electrons. The Balaban J connectivity index is 1.49. The average Bonchev–Trinajstić information content (AvgIpc) is 2.77. The van der Waals surface area contributed by atoms with Crippen LogP contribution in [0.15, 0.2) is 97.1 Å². The summed E-state index contributed by atoms with van der Waals surface area (Å²) in [5.41, 5.74) is 1.85. The quantitative estimate of drug-likeness (QED) is 0.392. The van der Waals surface area contributed by atoms with E-state index in [-0.39, 0.29) is 11.9 Å². The summed E-state index contributed by atoms with van der Waals surface area (Å²) < 4.78 is 6.20. The van der Waals surface area contributed by atoms with Crippen molar-refractivity contribution >= 4 is 34.0 Å². The van der Waals surface area contributed by atoms with E-state index < -0.39 is 6.10 Å². The zero-order valence-electron chi connectivity index (χ0n) is 15.5. The lowest BCUT2D eigenvalue weighted by Crippen LogP contribution is -2.61. The van der Waals surface area contributed by atoms with Gasteiger partial charge in [0.15, 0.2) is 0 Å². The predicted molar refractivity (Wildman–Crippen MR) is 116 cm³/mol. The Labute approximate surface area is 174 Å². The van der Waals surface area contributed by atoms with Crippen molar-refractivity contribution in [3.8, 4) is 5.75 Å². The van der Waals surface area contributed by atoms with Gasteiger partial charge in [-0.1, -0.05) is 72.3 Å². The lowest BCUT2D eigenvalue weighted by Gasteiger charge is -2.46. The van der Waals surface area contributed by atoms with E-state index in [4.69, 9.17) is 16.3 Å². The summed E-state index contributed by atoms with van der Waals surface area (Å²) in [7, 11) is 0. The number of rotatable bonds is 4. The molecule has 1 heterocycles. The summed E-state index contributed by atoms with van der Waals surface area (Å²) in [6, 6.07) is 31.1. The van der Waals surface area contributed by atoms with Crippen LogP contribution < -0.4 is 9.64 Å². The van der Waals surface area contributed by atoms with Crippen LogP contribution >= 0.6 is 11.6 Å². The number of ether oxygens (including phenoxy) is 1. The zero-order chi connectivity index (χ0) is 19.8. The van der Waals surface area contributed by atoms with Crippen LogP contribution in [0.5, 0.6) is 5.75 Å². The van der Waals surface area contributed by atoms with Crippen molar-refractivity contribution < 1.29 is 9.53 Å². The molecule has 0 saturated carbocycles. The number of benzene rings is 4. The summed E-state index contributed by atoms with van der Waals surface area (Å²) in [6.07, 6.45) is -0.575. The highest BCUT2D eigenvalue weighted by Gasteiger charge is 2.51. The number of hydrogen-bond acceptors (Lipinski definition) is 2. The molecule has 142 valence electrons. The molecule has 3 nitrogen and oxygen atoms in total. The van der Waals surface area contributed by atoms with E-state index in [2.05, 4.69) is 6.07 Å². The molecule has 4 aromatic rings. The molecule has 1 amide bonds. The van der Waals surface area contributed by atoms with Gasteiger partial charge in [0.05, 0.1) is 0 Å². The molecule has 1 fully saturated rings. The van der Waals surface area contributed by atoms with Crippen molar-refractivity contribution in [3.63, 3.8) is 0 Å². The lowest BCUT2D eigenvalue weighted by atomic mass is 9.89. The Morgan fingerprint density at radius 3 is 2.21 bits per heavy atom. The zero-order valence-corrected chi connectivity index (χ0v) is 16.3. The molecule has 0 aliphatic carbocycles. The first-order valence-electron chi connectivity index (χ1n) is 9.50. The van der Waals surface area contributed by atoms with E-state index in [9.17, 15) is 4.79 Å². The van der Waals surface area contributed by atoms with Crippen molar-refractivity contribution in [1.29, 1.82) is 0 Å². The van der Waals surface area contributed by atoms with Crippen LogP contribution in [0, 0.1) is 0 Å². The van der Waals surface area contributed by atoms with Crippen LogP contribution in [0.1, 0.15) is 11.6 Å². The van der Waals surface area contributed by atoms with Gasteiger partial charge >= 0.3 is 0 Å². The topological polar surface area (TPSA) is 29.5 Å². The monoisotopic (exact) mass is 399 g/mol. The molecule has 5 rings (SSSR count). The van der Waals surface area contributed by atoms with E-state index in [0.717, 1.165) is 22.0 Å². The fourth-order valence-electron chi connectivity index (χ4n) is 3.83. The second kappa shape index (κ2) is 7.26. The maximum absolute atomic E-state index is 13.1. The Hall–Kier alpha value is -3.30. The molecule has 0 spiro atoms. The number of anilines is 1. The van der Waals surface area contributed by atoms with E-state index in [1.165, 1.54) is 0 Å². The molecule has 0 aromatic heterocycles. The van der Waals surface area contributed by atoms with Crippen LogP contribution in [-0.4, -0.2) is 12.0 Å². The molecular weight excluding hydrogens is 382 g/mol. The number of β-lactam (4-membered cyclic amide) rings is 1. The van der Waals surface area contributed by atoms with Gasteiger partial charge in [-0.05, 0) is 52.7 Å². The largest absolute Gasteiger partial charge is 0.478 e. The van der Waals surface area contributed by atoms with Crippen LogP contribution in [-0.2, 0) is 4.79 Å². The second-order valence-electron chi connectivity index (χ2n) is 7.09. The molecule has 1 aliphatic heterocycles. The third-order valence-corrected chi connectivity index (χ3v) is 5.53. The Morgan fingerprint density at radius 2 is 1.45 bits per heavy atom. The smallest absolute Gasteiger partial charge is 0.271 e. The molecular formula is C25H18ClNO2. The van der Waals surface area contributed by atoms with E-state index in [1.807, 2.05) is 78.9 Å². The van der Waals surface area contributed by atoms with Crippen molar-refractivity contribution in [2.45, 2.75) is 12.1 Å². The molecule has 1 saturated heterocycles. The minimum absolute atomic E-state index is 0.0608. The van der Waals surface area contributed by atoms with Gasteiger partial charge in [-0.15, -0.1) is 0 Å². The normalized spacial score (nSPS) is 18.5. The minimum Gasteiger partial charge on any atom is -0.478 e. The molecule has 2 atom stereocenters. The highest BCUT2D eigenvalue weighted by atomic mass is 35.5. The minimum atomic E-state index is -0.575. The average molecular weight is 400 g/mol. The van der Waals surface area contributed by atoms with E-state index >= 15 is 0 Å². The SMILES string of the molecule is O=C1C(Oc2ccc3ccccc3c2)C(c2ccccc2)N1c1ccc(Cl)cc1. The number of nitrogens with zero attached hydrogens (tertiary/aromatic N) is 1. The van der Waals surface area contributed by atoms with Gasteiger partial charge < -0.3 is 4.74 Å². The first-order valence-corrected chi connectivity index (χ1v) is 9.87. The molecule has 1 aliphatic rings. The number of carbonyl (C=O) groups is 1. The van der Waals surface area contributed by atoms with Crippen LogP contribution in [0.2, 0.25) is 5.02 Å². The van der Waals surface area contributed by atoms with Gasteiger partial charge in [0.1, 0.15) is 11.8 Å². The highest BCUT2D eigenvalue weighted by Crippen LogP contribution is 2.41. The fraction of sp³-hybridized carbons (Fsp3) is 0.0800. The van der Waals surface area contributed by atoms with Gasteiger partial charge in [0.25, 0.3) is 5.91 Å². The number of amides is 1. The van der Waals surface area contributed by atoms with Gasteiger partial charge in [0, 0.05) is 10.7 Å². The Kier molecular flexibility index (Phi) is 4.45. The predicted octanol–water partition coefficient (Wildman–Crippen LogP) is 6.03. The van der Waals surface area contributed by atoms with Gasteiger partial charge in [-0.3, -0.25) is 9.69 Å². The van der Waals surface area contributed by atoms with E-state index in [1.54, 1.807) is 17.0 Å². The summed E-state index contributed by atoms with van der Waals surface area (Å²) in [5.74, 6) is 0.632. The third-order valence-electron chi connectivity index (χ3n) is 5.28. The number of fused-ring (bicyclic) bond motifs is 1. The molecule has 4 aromatic carbocycles. The summed E-state index contributed by atoms with van der Waals surface area (Å²) >= 11 is 6.02. The molecule has 4 heteroatoms.